The summed E-state index contributed by atoms with van der Waals surface area (Å²) in [6.45, 7) is 5.28. The third-order valence-electron chi connectivity index (χ3n) is 3.82. The summed E-state index contributed by atoms with van der Waals surface area (Å²) in [4.78, 5) is 16.2. The Morgan fingerprint density at radius 1 is 1.15 bits per heavy atom. The van der Waals surface area contributed by atoms with Crippen LogP contribution in [-0.2, 0) is 4.79 Å². The number of hydrogen-bond donors (Lipinski definition) is 2. The van der Waals surface area contributed by atoms with E-state index in [4.69, 9.17) is 0 Å². The maximum Gasteiger partial charge on any atom is 0.250 e. The molecule has 2 N–H and O–H groups in total. The molecule has 0 aliphatic heterocycles. The van der Waals surface area contributed by atoms with Crippen LogP contribution in [0.3, 0.4) is 0 Å². The van der Waals surface area contributed by atoms with Gasteiger partial charge in [0.25, 0.3) is 5.91 Å². The van der Waals surface area contributed by atoms with Crippen LogP contribution in [0.15, 0.2) is 63.7 Å². The Balaban J connectivity index is 2.10. The molecule has 1 amide bonds. The van der Waals surface area contributed by atoms with Crippen molar-refractivity contribution >= 4 is 65.7 Å². The number of nitriles is 1. The van der Waals surface area contributed by atoms with Crippen molar-refractivity contribution in [3.8, 4) is 6.07 Å². The highest BCUT2D eigenvalue weighted by Crippen LogP contribution is 2.33. The number of rotatable bonds is 4. The van der Waals surface area contributed by atoms with E-state index in [-0.39, 0.29) is 5.91 Å². The molecule has 0 bridgehead atoms. The summed E-state index contributed by atoms with van der Waals surface area (Å²) < 4.78 is 1.82. The van der Waals surface area contributed by atoms with Gasteiger partial charge in [0, 0.05) is 37.5 Å². The van der Waals surface area contributed by atoms with Crippen LogP contribution in [0.5, 0.6) is 0 Å². The van der Waals surface area contributed by atoms with Gasteiger partial charge in [-0.2, -0.15) is 5.26 Å². The minimum absolute atomic E-state index is 0.259. The molecular weight excluding hydrogens is 472 g/mol. The summed E-state index contributed by atoms with van der Waals surface area (Å²) in [5, 5.41) is 16.3. The van der Waals surface area contributed by atoms with Crippen LogP contribution in [0, 0.1) is 11.3 Å². The zero-order valence-electron chi connectivity index (χ0n) is 14.3. The molecule has 2 aromatic carbocycles. The lowest BCUT2D eigenvalue weighted by molar-refractivity contribution is -0.112. The van der Waals surface area contributed by atoms with Crippen molar-refractivity contribution in [1.29, 1.82) is 5.26 Å². The van der Waals surface area contributed by atoms with E-state index in [1.165, 1.54) is 6.20 Å². The molecule has 0 saturated carbocycles. The number of pyridine rings is 1. The number of nitrogens with one attached hydrogen (secondary N) is 2. The molecule has 1 aromatic heterocycles. The topological polar surface area (TPSA) is 77.8 Å². The van der Waals surface area contributed by atoms with Gasteiger partial charge in [-0.3, -0.25) is 9.78 Å². The second kappa shape index (κ2) is 7.91. The maximum atomic E-state index is 11.9. The number of amides is 1. The van der Waals surface area contributed by atoms with Crippen molar-refractivity contribution in [2.75, 3.05) is 10.6 Å². The van der Waals surface area contributed by atoms with E-state index in [0.717, 1.165) is 20.0 Å². The number of anilines is 3. The number of nitrogens with zero attached hydrogens (tertiary/aromatic N) is 2. The molecular formula is C20H14Br2N4O. The van der Waals surface area contributed by atoms with Crippen molar-refractivity contribution in [2.45, 2.75) is 6.92 Å². The van der Waals surface area contributed by atoms with Crippen LogP contribution < -0.4 is 10.6 Å². The average molecular weight is 486 g/mol. The fourth-order valence-electron chi connectivity index (χ4n) is 2.45. The SMILES string of the molecule is C=C(C)C(=O)Nc1ccc2ncc(C#N)c(Nc3ccc(Br)c(Br)c3)c2c1. The Morgan fingerprint density at radius 2 is 1.89 bits per heavy atom. The second-order valence-electron chi connectivity index (χ2n) is 5.88. The molecule has 3 rings (SSSR count). The summed E-state index contributed by atoms with van der Waals surface area (Å²) in [6, 6.07) is 13.2. The van der Waals surface area contributed by atoms with Crippen LogP contribution in [0.25, 0.3) is 10.9 Å². The van der Waals surface area contributed by atoms with E-state index in [1.807, 2.05) is 18.2 Å². The van der Waals surface area contributed by atoms with Gasteiger partial charge >= 0.3 is 0 Å². The van der Waals surface area contributed by atoms with Crippen molar-refractivity contribution in [3.63, 3.8) is 0 Å². The molecule has 0 unspecified atom stereocenters. The number of aromatic nitrogens is 1. The quantitative estimate of drug-likeness (QED) is 0.451. The normalized spacial score (nSPS) is 10.3. The summed E-state index contributed by atoms with van der Waals surface area (Å²) in [7, 11) is 0. The van der Waals surface area contributed by atoms with Crippen LogP contribution in [0.1, 0.15) is 12.5 Å². The lowest BCUT2D eigenvalue weighted by Crippen LogP contribution is -2.11. The summed E-state index contributed by atoms with van der Waals surface area (Å²) in [5.74, 6) is -0.259. The fourth-order valence-corrected chi connectivity index (χ4v) is 3.07. The summed E-state index contributed by atoms with van der Waals surface area (Å²) in [5.41, 5.74) is 3.57. The molecule has 0 atom stereocenters. The van der Waals surface area contributed by atoms with Crippen LogP contribution in [0.4, 0.5) is 17.1 Å². The average Bonchev–Trinajstić information content (AvgIpc) is 2.65. The number of carbonyl (C=O) groups excluding carboxylic acids is 1. The minimum atomic E-state index is -0.259. The van der Waals surface area contributed by atoms with Gasteiger partial charge in [0.05, 0.1) is 16.8 Å². The van der Waals surface area contributed by atoms with E-state index >= 15 is 0 Å². The zero-order chi connectivity index (χ0) is 19.6. The highest BCUT2D eigenvalue weighted by molar-refractivity contribution is 9.13. The summed E-state index contributed by atoms with van der Waals surface area (Å²) in [6.07, 6.45) is 1.53. The lowest BCUT2D eigenvalue weighted by Gasteiger charge is -2.13. The summed E-state index contributed by atoms with van der Waals surface area (Å²) >= 11 is 6.92. The van der Waals surface area contributed by atoms with E-state index in [9.17, 15) is 10.1 Å². The Bertz CT molecular complexity index is 1120. The van der Waals surface area contributed by atoms with Crippen LogP contribution in [-0.4, -0.2) is 10.9 Å². The molecule has 3 aromatic rings. The van der Waals surface area contributed by atoms with E-state index in [0.29, 0.717) is 28.0 Å². The van der Waals surface area contributed by atoms with Gasteiger partial charge in [0.1, 0.15) is 6.07 Å². The van der Waals surface area contributed by atoms with Crippen molar-refractivity contribution < 1.29 is 4.79 Å². The van der Waals surface area contributed by atoms with Crippen molar-refractivity contribution in [2.24, 2.45) is 0 Å². The molecule has 0 radical (unpaired) electrons. The predicted molar refractivity (Wildman–Crippen MR) is 115 cm³/mol. The van der Waals surface area contributed by atoms with Gasteiger partial charge in [-0.15, -0.1) is 0 Å². The maximum absolute atomic E-state index is 11.9. The van der Waals surface area contributed by atoms with E-state index in [2.05, 4.69) is 60.1 Å². The number of hydrogen-bond acceptors (Lipinski definition) is 4. The van der Waals surface area contributed by atoms with Crippen molar-refractivity contribution in [1.82, 2.24) is 4.98 Å². The van der Waals surface area contributed by atoms with Crippen LogP contribution in [0.2, 0.25) is 0 Å². The first-order chi connectivity index (χ1) is 12.9. The molecule has 0 spiro atoms. The fraction of sp³-hybridized carbons (Fsp3) is 0.0500. The van der Waals surface area contributed by atoms with Gasteiger partial charge in [0.2, 0.25) is 0 Å². The monoisotopic (exact) mass is 484 g/mol. The molecule has 1 heterocycles. The van der Waals surface area contributed by atoms with Crippen molar-refractivity contribution in [3.05, 3.63) is 69.3 Å². The molecule has 0 fully saturated rings. The third kappa shape index (κ3) is 4.18. The first kappa shape index (κ1) is 19.1. The van der Waals surface area contributed by atoms with Gasteiger partial charge in [-0.1, -0.05) is 6.58 Å². The minimum Gasteiger partial charge on any atom is -0.354 e. The number of fused-ring (bicyclic) bond motifs is 1. The lowest BCUT2D eigenvalue weighted by atomic mass is 10.1. The Labute approximate surface area is 173 Å². The molecule has 134 valence electrons. The van der Waals surface area contributed by atoms with Gasteiger partial charge < -0.3 is 10.6 Å². The smallest absolute Gasteiger partial charge is 0.250 e. The van der Waals surface area contributed by atoms with Crippen LogP contribution >= 0.6 is 31.9 Å². The molecule has 0 aliphatic carbocycles. The Hall–Kier alpha value is -2.69. The second-order valence-corrected chi connectivity index (χ2v) is 7.59. The predicted octanol–water partition coefficient (Wildman–Crippen LogP) is 5.89. The third-order valence-corrected chi connectivity index (χ3v) is 5.70. The van der Waals surface area contributed by atoms with Gasteiger partial charge in [0.15, 0.2) is 0 Å². The first-order valence-electron chi connectivity index (χ1n) is 7.91. The molecule has 7 heteroatoms. The Morgan fingerprint density at radius 3 is 2.56 bits per heavy atom. The highest BCUT2D eigenvalue weighted by atomic mass is 79.9. The standard InChI is InChI=1S/C20H14Br2N4O/c1-11(2)20(27)26-13-4-6-18-15(7-13)19(12(9-23)10-24-18)25-14-3-5-16(21)17(22)8-14/h3-8,10H,1H2,2H3,(H,24,25)(H,26,27). The van der Waals surface area contributed by atoms with E-state index < -0.39 is 0 Å². The number of benzene rings is 2. The Kier molecular flexibility index (Phi) is 5.59. The molecule has 27 heavy (non-hydrogen) atoms. The van der Waals surface area contributed by atoms with Gasteiger partial charge in [-0.25, -0.2) is 0 Å². The number of carbonyl (C=O) groups is 1. The first-order valence-corrected chi connectivity index (χ1v) is 9.49. The highest BCUT2D eigenvalue weighted by Gasteiger charge is 2.12. The largest absolute Gasteiger partial charge is 0.354 e. The molecule has 0 saturated heterocycles. The molecule has 5 nitrogen and oxygen atoms in total. The van der Waals surface area contributed by atoms with E-state index in [1.54, 1.807) is 25.1 Å². The van der Waals surface area contributed by atoms with Gasteiger partial charge in [-0.05, 0) is 75.2 Å². The molecule has 0 aliphatic rings. The number of halogens is 2. The zero-order valence-corrected chi connectivity index (χ0v) is 17.5.